The molecule has 7 nitrogen and oxygen atoms in total. The van der Waals surface area contributed by atoms with Gasteiger partial charge in [0.05, 0.1) is 23.5 Å². The number of guanidine groups is 1. The van der Waals surface area contributed by atoms with Crippen LogP contribution in [0.15, 0.2) is 27.9 Å². The molecule has 1 aliphatic rings. The molecule has 0 spiro atoms. The number of aromatic nitrogens is 1. The lowest BCUT2D eigenvalue weighted by Crippen LogP contribution is -2.48. The molecule has 0 aromatic carbocycles. The van der Waals surface area contributed by atoms with Crippen LogP contribution in [0.25, 0.3) is 0 Å². The summed E-state index contributed by atoms with van der Waals surface area (Å²) in [7, 11) is 0. The number of hydroxylamine groups is 2. The van der Waals surface area contributed by atoms with Crippen molar-refractivity contribution in [3.63, 3.8) is 0 Å². The highest BCUT2D eigenvalue weighted by atomic mass is 79.9. The molecule has 1 unspecified atom stereocenters. The smallest absolute Gasteiger partial charge is 0.209 e. The largest absolute Gasteiger partial charge is 0.324 e. The minimum atomic E-state index is -0.536. The molecule has 1 aromatic rings. The molecule has 1 atom stereocenters. The van der Waals surface area contributed by atoms with Crippen molar-refractivity contribution in [1.82, 2.24) is 15.4 Å². The van der Waals surface area contributed by atoms with E-state index in [1.54, 1.807) is 12.3 Å². The van der Waals surface area contributed by atoms with E-state index >= 15 is 0 Å². The van der Waals surface area contributed by atoms with E-state index in [-0.39, 0.29) is 11.6 Å². The molecule has 0 saturated carbocycles. The number of aliphatic imine (C=N–C) groups is 1. The normalized spacial score (nSPS) is 23.3. The third-order valence-corrected chi connectivity index (χ3v) is 4.55. The van der Waals surface area contributed by atoms with Gasteiger partial charge in [-0.2, -0.15) is 10.3 Å². The van der Waals surface area contributed by atoms with Crippen molar-refractivity contribution in [3.05, 3.63) is 22.9 Å². The van der Waals surface area contributed by atoms with E-state index in [2.05, 4.69) is 36.5 Å². The second-order valence-corrected chi connectivity index (χ2v) is 7.52. The zero-order chi connectivity index (χ0) is 17.3. The highest BCUT2D eigenvalue weighted by Gasteiger charge is 2.51. The van der Waals surface area contributed by atoms with Gasteiger partial charge in [-0.25, -0.2) is 9.98 Å². The van der Waals surface area contributed by atoms with Crippen LogP contribution in [-0.4, -0.2) is 38.3 Å². The standard InChI is InChI=1S/C15H21BrN6O/c1-14(2)7-11(15(3,4)22(14)23)21-13(19-9-17)20-10-5-6-12(16)18-8-10/h5-6,8,11,23H,7H2,1-4H3,(H2,19,20,21). The number of nitrogens with one attached hydrogen (secondary N) is 2. The summed E-state index contributed by atoms with van der Waals surface area (Å²) in [5, 5.41) is 26.3. The highest BCUT2D eigenvalue weighted by molar-refractivity contribution is 9.10. The molecule has 124 valence electrons. The Balaban J connectivity index is 2.25. The predicted molar refractivity (Wildman–Crippen MR) is 91.9 cm³/mol. The van der Waals surface area contributed by atoms with Gasteiger partial charge >= 0.3 is 0 Å². The first-order valence-electron chi connectivity index (χ1n) is 7.27. The van der Waals surface area contributed by atoms with E-state index in [4.69, 9.17) is 5.26 Å². The van der Waals surface area contributed by atoms with Gasteiger partial charge in [-0.15, -0.1) is 0 Å². The zero-order valence-electron chi connectivity index (χ0n) is 13.6. The van der Waals surface area contributed by atoms with E-state index < -0.39 is 5.54 Å². The van der Waals surface area contributed by atoms with Crippen LogP contribution in [0.1, 0.15) is 34.1 Å². The van der Waals surface area contributed by atoms with E-state index in [9.17, 15) is 5.21 Å². The van der Waals surface area contributed by atoms with Crippen LogP contribution >= 0.6 is 15.9 Å². The molecule has 2 heterocycles. The molecule has 1 aromatic heterocycles. The molecule has 1 fully saturated rings. The third-order valence-electron chi connectivity index (χ3n) is 4.08. The van der Waals surface area contributed by atoms with Crippen LogP contribution in [0.5, 0.6) is 0 Å². The fourth-order valence-electron chi connectivity index (χ4n) is 2.83. The summed E-state index contributed by atoms with van der Waals surface area (Å²) >= 11 is 3.28. The van der Waals surface area contributed by atoms with Crippen molar-refractivity contribution in [3.8, 4) is 6.19 Å². The van der Waals surface area contributed by atoms with Gasteiger partial charge in [0.1, 0.15) is 4.60 Å². The van der Waals surface area contributed by atoms with Crippen molar-refractivity contribution in [2.75, 3.05) is 5.32 Å². The summed E-state index contributed by atoms with van der Waals surface area (Å²) in [5.41, 5.74) is -0.203. The minimum Gasteiger partial charge on any atom is -0.324 e. The minimum absolute atomic E-state index is 0.172. The fourth-order valence-corrected chi connectivity index (χ4v) is 3.06. The highest BCUT2D eigenvalue weighted by Crippen LogP contribution is 2.40. The number of nitriles is 1. The maximum absolute atomic E-state index is 10.4. The van der Waals surface area contributed by atoms with E-state index in [1.165, 1.54) is 5.06 Å². The SMILES string of the molecule is CC1(C)CC(N=C(NC#N)Nc2ccc(Br)nc2)C(C)(C)N1O. The van der Waals surface area contributed by atoms with Crippen molar-refractivity contribution in [2.24, 2.45) is 4.99 Å². The Morgan fingerprint density at radius 1 is 1.48 bits per heavy atom. The molecule has 0 radical (unpaired) electrons. The summed E-state index contributed by atoms with van der Waals surface area (Å²) in [6.45, 7) is 7.80. The lowest BCUT2D eigenvalue weighted by Gasteiger charge is -2.34. The molecule has 2 rings (SSSR count). The van der Waals surface area contributed by atoms with Gasteiger partial charge in [0.25, 0.3) is 0 Å². The van der Waals surface area contributed by atoms with Crippen LogP contribution in [-0.2, 0) is 0 Å². The van der Waals surface area contributed by atoms with Gasteiger partial charge in [-0.3, -0.25) is 5.32 Å². The Morgan fingerprint density at radius 3 is 2.65 bits per heavy atom. The number of rotatable bonds is 2. The molecule has 1 aliphatic heterocycles. The van der Waals surface area contributed by atoms with Crippen LogP contribution in [0.2, 0.25) is 0 Å². The monoisotopic (exact) mass is 380 g/mol. The van der Waals surface area contributed by atoms with Crippen molar-refractivity contribution in [1.29, 1.82) is 5.26 Å². The van der Waals surface area contributed by atoms with Crippen LogP contribution in [0.3, 0.4) is 0 Å². The van der Waals surface area contributed by atoms with Crippen molar-refractivity contribution >= 4 is 27.6 Å². The Morgan fingerprint density at radius 2 is 2.17 bits per heavy atom. The summed E-state index contributed by atoms with van der Waals surface area (Å²) < 4.78 is 0.726. The quantitative estimate of drug-likeness (QED) is 0.240. The van der Waals surface area contributed by atoms with Gasteiger partial charge in [0, 0.05) is 5.54 Å². The van der Waals surface area contributed by atoms with Crippen molar-refractivity contribution in [2.45, 2.75) is 51.2 Å². The molecular formula is C15H21BrN6O. The molecule has 0 bridgehead atoms. The number of hydrogen-bond acceptors (Lipinski definition) is 5. The number of nitrogens with zero attached hydrogens (tertiary/aromatic N) is 4. The lowest BCUT2D eigenvalue weighted by molar-refractivity contribution is -0.193. The van der Waals surface area contributed by atoms with Gasteiger partial charge in [-0.1, -0.05) is 0 Å². The predicted octanol–water partition coefficient (Wildman–Crippen LogP) is 2.70. The van der Waals surface area contributed by atoms with E-state index in [0.29, 0.717) is 18.1 Å². The van der Waals surface area contributed by atoms with Gasteiger partial charge < -0.3 is 10.5 Å². The first-order chi connectivity index (χ1) is 10.7. The maximum Gasteiger partial charge on any atom is 0.209 e. The van der Waals surface area contributed by atoms with Gasteiger partial charge in [0.2, 0.25) is 5.96 Å². The Bertz CT molecular complexity index is 634. The molecule has 1 saturated heterocycles. The lowest BCUT2D eigenvalue weighted by atomic mass is 9.95. The van der Waals surface area contributed by atoms with Crippen molar-refractivity contribution < 1.29 is 5.21 Å². The number of hydrogen-bond donors (Lipinski definition) is 3. The third kappa shape index (κ3) is 3.80. The average Bonchev–Trinajstić information content (AvgIpc) is 2.62. The Labute approximate surface area is 144 Å². The maximum atomic E-state index is 10.4. The summed E-state index contributed by atoms with van der Waals surface area (Å²) in [6, 6.07) is 3.45. The first kappa shape index (κ1) is 17.7. The van der Waals surface area contributed by atoms with Crippen LogP contribution in [0, 0.1) is 11.5 Å². The molecule has 0 aliphatic carbocycles. The van der Waals surface area contributed by atoms with Gasteiger partial charge in [-0.05, 0) is 62.2 Å². The van der Waals surface area contributed by atoms with Gasteiger partial charge in [0.15, 0.2) is 6.19 Å². The van der Waals surface area contributed by atoms with E-state index in [1.807, 2.05) is 40.0 Å². The van der Waals surface area contributed by atoms with E-state index in [0.717, 1.165) is 4.60 Å². The second-order valence-electron chi connectivity index (χ2n) is 6.71. The number of pyridine rings is 1. The number of anilines is 1. The summed E-state index contributed by atoms with van der Waals surface area (Å²) in [4.78, 5) is 8.74. The second kappa shape index (κ2) is 6.43. The molecule has 3 N–H and O–H groups in total. The summed E-state index contributed by atoms with van der Waals surface area (Å²) in [6.07, 6.45) is 4.20. The average molecular weight is 381 g/mol. The molecule has 0 amide bonds. The first-order valence-corrected chi connectivity index (χ1v) is 8.07. The topological polar surface area (TPSA) is 96.6 Å². The summed E-state index contributed by atoms with van der Waals surface area (Å²) in [5.74, 6) is 0.334. The fraction of sp³-hybridized carbons (Fsp3) is 0.533. The molecule has 23 heavy (non-hydrogen) atoms. The number of halogens is 1. The zero-order valence-corrected chi connectivity index (χ0v) is 15.2. The molecule has 8 heteroatoms. The Hall–Kier alpha value is -1.69. The van der Waals surface area contributed by atoms with Crippen LogP contribution in [0.4, 0.5) is 5.69 Å². The molecular weight excluding hydrogens is 360 g/mol. The van der Waals surface area contributed by atoms with Crippen LogP contribution < -0.4 is 10.6 Å². The Kier molecular flexibility index (Phi) is 4.94.